The zero-order valence-electron chi connectivity index (χ0n) is 6.91. The van der Waals surface area contributed by atoms with E-state index in [0.717, 1.165) is 0 Å². The number of carbonyl (C=O) groups is 2. The van der Waals surface area contributed by atoms with Crippen LogP contribution in [0, 0.1) is 0 Å². The highest BCUT2D eigenvalue weighted by Gasteiger charge is 1.96. The molecule has 0 saturated carbocycles. The summed E-state index contributed by atoms with van der Waals surface area (Å²) in [5, 5.41) is 8.14. The molecule has 5 nitrogen and oxygen atoms in total. The van der Waals surface area contributed by atoms with Crippen molar-refractivity contribution in [3.63, 3.8) is 0 Å². The summed E-state index contributed by atoms with van der Waals surface area (Å²) in [6.07, 6.45) is 0. The van der Waals surface area contributed by atoms with Crippen LogP contribution in [0.1, 0.15) is 15.8 Å². The van der Waals surface area contributed by atoms with E-state index in [4.69, 9.17) is 9.84 Å². The van der Waals surface area contributed by atoms with Gasteiger partial charge in [-0.1, -0.05) is 7.43 Å². The fraction of sp³-hybridized carbons (Fsp3) is 0.750. The van der Waals surface area contributed by atoms with Crippen molar-refractivity contribution in [2.24, 2.45) is 0 Å². The smallest absolute Gasteiger partial charge is 0.329 e. The fourth-order valence-corrected chi connectivity index (χ4v) is 0.493. The van der Waals surface area contributed by atoms with Gasteiger partial charge >= 0.3 is 5.97 Å². The molecule has 0 bridgehead atoms. The van der Waals surface area contributed by atoms with E-state index in [1.807, 2.05) is 0 Å². The molecule has 13 heavy (non-hydrogen) atoms. The molecular weight excluding hydrogens is 176 g/mol. The van der Waals surface area contributed by atoms with E-state index >= 15 is 0 Å². The number of aliphatic carboxylic acids is 1. The average molecular weight is 195 g/mol. The normalized spacial score (nSPS) is 9.00. The molecule has 0 unspecified atom stereocenters. The van der Waals surface area contributed by atoms with Gasteiger partial charge in [-0.25, -0.2) is 4.79 Å². The van der Waals surface area contributed by atoms with Crippen molar-refractivity contribution < 1.29 is 25.6 Å². The summed E-state index contributed by atoms with van der Waals surface area (Å²) in [5.74, 6) is -1.07. The van der Waals surface area contributed by atoms with Gasteiger partial charge in [-0.05, 0) is 6.92 Å². The summed E-state index contributed by atoms with van der Waals surface area (Å²) in [4.78, 5) is 20.2. The molecular formula is C8H18O5. The monoisotopic (exact) mass is 195 g/mol. The van der Waals surface area contributed by atoms with Crippen LogP contribution in [0.3, 0.4) is 0 Å². The van der Waals surface area contributed by atoms with E-state index in [2.05, 4.69) is 4.74 Å². The van der Waals surface area contributed by atoms with Crippen LogP contribution >= 0.6 is 0 Å². The highest BCUT2D eigenvalue weighted by molar-refractivity contribution is 5.76. The lowest BCUT2D eigenvalue weighted by Gasteiger charge is -2.01. The first kappa shape index (κ1) is 14.6. The standard InChI is InChI=1S/C7H12O5.CH4.H2/c1-6(8)4-11-2-3-12-5-7(9)10;;/h2-5H2,1H3,(H,9,10);1H4;1H/i;;1+1. The Morgan fingerprint density at radius 1 is 1.23 bits per heavy atom. The van der Waals surface area contributed by atoms with Gasteiger partial charge in [-0.3, -0.25) is 4.79 Å². The quantitative estimate of drug-likeness (QED) is 0.601. The zero-order valence-corrected chi connectivity index (χ0v) is 6.91. The molecule has 0 aromatic heterocycles. The molecule has 80 valence electrons. The first-order chi connectivity index (χ1) is 5.63. The van der Waals surface area contributed by atoms with Gasteiger partial charge in [0.05, 0.1) is 13.2 Å². The number of hydrogen-bond donors (Lipinski definition) is 1. The molecule has 0 radical (unpaired) electrons. The maximum atomic E-state index is 10.3. The molecule has 0 heterocycles. The Bertz CT molecular complexity index is 142. The first-order valence-corrected chi connectivity index (χ1v) is 3.49. The molecule has 0 amide bonds. The predicted molar refractivity (Wildman–Crippen MR) is 48.8 cm³/mol. The molecule has 1 N–H and O–H groups in total. The number of Topliss-reactive ketones (excluding diaryl/α,β-unsaturated/α-hetero) is 1. The molecule has 0 aliphatic heterocycles. The van der Waals surface area contributed by atoms with Gasteiger partial charge in [0, 0.05) is 1.43 Å². The van der Waals surface area contributed by atoms with Crippen LogP contribution < -0.4 is 0 Å². The third-order valence-corrected chi connectivity index (χ3v) is 0.903. The van der Waals surface area contributed by atoms with Crippen LogP contribution in [0.15, 0.2) is 0 Å². The number of carboxylic acid groups (broad SMARTS) is 1. The van der Waals surface area contributed by atoms with Gasteiger partial charge in [-0.15, -0.1) is 0 Å². The van der Waals surface area contributed by atoms with Crippen LogP contribution in [-0.2, 0) is 19.1 Å². The molecule has 0 aliphatic carbocycles. The molecule has 0 rings (SSSR count). The van der Waals surface area contributed by atoms with Crippen LogP contribution in [0.5, 0.6) is 0 Å². The highest BCUT2D eigenvalue weighted by Crippen LogP contribution is 1.79. The molecule has 5 heteroatoms. The van der Waals surface area contributed by atoms with E-state index in [1.54, 1.807) is 0 Å². The number of carboxylic acids is 1. The molecule has 0 fully saturated rings. The lowest BCUT2D eigenvalue weighted by atomic mass is 10.5. The van der Waals surface area contributed by atoms with Crippen molar-refractivity contribution >= 4 is 11.8 Å². The van der Waals surface area contributed by atoms with Crippen LogP contribution in [0.4, 0.5) is 0 Å². The van der Waals surface area contributed by atoms with Crippen molar-refractivity contribution in [1.82, 2.24) is 0 Å². The molecule has 0 atom stereocenters. The maximum Gasteiger partial charge on any atom is 0.329 e. The van der Waals surface area contributed by atoms with E-state index in [0.29, 0.717) is 0 Å². The minimum atomic E-state index is -1.01. The topological polar surface area (TPSA) is 72.8 Å². The summed E-state index contributed by atoms with van der Waals surface area (Å²) >= 11 is 0. The molecule has 0 spiro atoms. The molecule has 0 aromatic rings. The molecule has 0 aromatic carbocycles. The Kier molecular flexibility index (Phi) is 10.3. The second-order valence-electron chi connectivity index (χ2n) is 2.20. The van der Waals surface area contributed by atoms with Gasteiger partial charge in [0.1, 0.15) is 13.2 Å². The lowest BCUT2D eigenvalue weighted by Crippen LogP contribution is -2.13. The SMILES string of the molecule is C.CC(=O)COCCOCC(=O)O.[2HH]. The van der Waals surface area contributed by atoms with Crippen molar-refractivity contribution in [1.29, 1.82) is 0 Å². The Morgan fingerprint density at radius 3 is 2.08 bits per heavy atom. The average Bonchev–Trinajstić information content (AvgIpc) is 1.95. The molecule has 0 saturated heterocycles. The Balaban J connectivity index is -0.000000605. The van der Waals surface area contributed by atoms with E-state index in [9.17, 15) is 9.59 Å². The summed E-state index contributed by atoms with van der Waals surface area (Å²) < 4.78 is 9.45. The fourth-order valence-electron chi connectivity index (χ4n) is 0.493. The second-order valence-corrected chi connectivity index (χ2v) is 2.20. The first-order valence-electron chi connectivity index (χ1n) is 3.49. The predicted octanol–water partition coefficient (Wildman–Crippen LogP) is 0.575. The van der Waals surface area contributed by atoms with Crippen LogP contribution in [0.25, 0.3) is 0 Å². The van der Waals surface area contributed by atoms with Crippen LogP contribution in [0.2, 0.25) is 0 Å². The van der Waals surface area contributed by atoms with Gasteiger partial charge in [0.25, 0.3) is 0 Å². The third kappa shape index (κ3) is 14.0. The minimum absolute atomic E-state index is 0. The number of rotatable bonds is 7. The van der Waals surface area contributed by atoms with Crippen molar-refractivity contribution in [2.45, 2.75) is 14.4 Å². The second kappa shape index (κ2) is 9.15. The van der Waals surface area contributed by atoms with Gasteiger partial charge in [-0.2, -0.15) is 0 Å². The van der Waals surface area contributed by atoms with Crippen LogP contribution in [-0.4, -0.2) is 43.3 Å². The minimum Gasteiger partial charge on any atom is -0.480 e. The number of carbonyl (C=O) groups excluding carboxylic acids is 1. The number of hydrogen-bond acceptors (Lipinski definition) is 4. The molecule has 0 aliphatic rings. The third-order valence-electron chi connectivity index (χ3n) is 0.903. The summed E-state index contributed by atoms with van der Waals surface area (Å²) in [5.41, 5.74) is 0. The zero-order chi connectivity index (χ0) is 9.40. The van der Waals surface area contributed by atoms with E-state index in [-0.39, 0.29) is 41.1 Å². The van der Waals surface area contributed by atoms with Gasteiger partial charge in [0.15, 0.2) is 5.78 Å². The van der Waals surface area contributed by atoms with Crippen molar-refractivity contribution in [3.05, 3.63) is 0 Å². The van der Waals surface area contributed by atoms with Crippen molar-refractivity contribution in [3.8, 4) is 0 Å². The van der Waals surface area contributed by atoms with Gasteiger partial charge in [0.2, 0.25) is 0 Å². The van der Waals surface area contributed by atoms with E-state index < -0.39 is 5.97 Å². The van der Waals surface area contributed by atoms with Crippen molar-refractivity contribution in [2.75, 3.05) is 26.4 Å². The maximum absolute atomic E-state index is 10.3. The highest BCUT2D eigenvalue weighted by atomic mass is 16.5. The summed E-state index contributed by atoms with van der Waals surface area (Å²) in [6.45, 7) is 1.57. The Hall–Kier alpha value is -0.940. The summed E-state index contributed by atoms with van der Waals surface area (Å²) in [7, 11) is 0. The lowest BCUT2D eigenvalue weighted by molar-refractivity contribution is -0.143. The Morgan fingerprint density at radius 2 is 1.69 bits per heavy atom. The number of ether oxygens (including phenoxy) is 2. The largest absolute Gasteiger partial charge is 0.480 e. The van der Waals surface area contributed by atoms with Gasteiger partial charge < -0.3 is 14.6 Å². The summed E-state index contributed by atoms with van der Waals surface area (Å²) in [6, 6.07) is 0. The number of ketones is 1. The Labute approximate surface area is 79.1 Å². The van der Waals surface area contributed by atoms with E-state index in [1.165, 1.54) is 6.92 Å².